The molecule has 0 aliphatic carbocycles. The summed E-state index contributed by atoms with van der Waals surface area (Å²) >= 11 is 1.58. The molecule has 0 saturated carbocycles. The van der Waals surface area contributed by atoms with E-state index in [9.17, 15) is 4.79 Å². The van der Waals surface area contributed by atoms with Crippen LogP contribution in [0.25, 0.3) is 0 Å². The number of hydrogen-bond donors (Lipinski definition) is 2. The van der Waals surface area contributed by atoms with Gasteiger partial charge >= 0.3 is 0 Å². The monoisotopic (exact) mass is 203 g/mol. The first-order valence-corrected chi connectivity index (χ1v) is 5.72. The van der Waals surface area contributed by atoms with Gasteiger partial charge in [-0.15, -0.1) is 11.8 Å². The van der Waals surface area contributed by atoms with E-state index in [1.165, 1.54) is 0 Å². The lowest BCUT2D eigenvalue weighted by molar-refractivity contribution is -0.120. The highest BCUT2D eigenvalue weighted by Crippen LogP contribution is 2.23. The summed E-state index contributed by atoms with van der Waals surface area (Å²) in [5.41, 5.74) is 0. The highest BCUT2D eigenvalue weighted by molar-refractivity contribution is 8.01. The van der Waals surface area contributed by atoms with Crippen molar-refractivity contribution in [3.05, 3.63) is 0 Å². The number of aliphatic hydroxyl groups excluding tert-OH is 1. The summed E-state index contributed by atoms with van der Waals surface area (Å²) in [6.45, 7) is 2.90. The molecule has 13 heavy (non-hydrogen) atoms. The Hall–Kier alpha value is -0.220. The SMILES string of the molecule is CC(CO)SC1CCCCNC1=O. The van der Waals surface area contributed by atoms with Crippen LogP contribution in [0.2, 0.25) is 0 Å². The van der Waals surface area contributed by atoms with E-state index in [1.54, 1.807) is 11.8 Å². The fourth-order valence-electron chi connectivity index (χ4n) is 1.36. The molecule has 0 bridgehead atoms. The van der Waals surface area contributed by atoms with Crippen molar-refractivity contribution < 1.29 is 9.90 Å². The third-order valence-electron chi connectivity index (χ3n) is 2.14. The molecule has 4 heteroatoms. The van der Waals surface area contributed by atoms with Crippen LogP contribution in [0.4, 0.5) is 0 Å². The zero-order valence-corrected chi connectivity index (χ0v) is 8.77. The average Bonchev–Trinajstić information content (AvgIpc) is 2.32. The predicted molar refractivity (Wildman–Crippen MR) is 54.8 cm³/mol. The molecule has 76 valence electrons. The van der Waals surface area contributed by atoms with Crippen molar-refractivity contribution in [1.29, 1.82) is 0 Å². The van der Waals surface area contributed by atoms with Gasteiger partial charge in [-0.05, 0) is 12.8 Å². The molecule has 1 amide bonds. The van der Waals surface area contributed by atoms with Gasteiger partial charge in [0.1, 0.15) is 0 Å². The van der Waals surface area contributed by atoms with Crippen LogP contribution in [-0.4, -0.2) is 34.7 Å². The minimum Gasteiger partial charge on any atom is -0.395 e. The zero-order valence-electron chi connectivity index (χ0n) is 7.95. The van der Waals surface area contributed by atoms with Gasteiger partial charge in [-0.2, -0.15) is 0 Å². The van der Waals surface area contributed by atoms with Crippen molar-refractivity contribution in [2.45, 2.75) is 36.7 Å². The quantitative estimate of drug-likeness (QED) is 0.712. The number of amides is 1. The van der Waals surface area contributed by atoms with Crippen LogP contribution in [0, 0.1) is 0 Å². The summed E-state index contributed by atoms with van der Waals surface area (Å²) in [5, 5.41) is 12.0. The molecule has 2 unspecified atom stereocenters. The van der Waals surface area contributed by atoms with E-state index in [-0.39, 0.29) is 23.0 Å². The van der Waals surface area contributed by atoms with Gasteiger partial charge in [0.05, 0.1) is 11.9 Å². The summed E-state index contributed by atoms with van der Waals surface area (Å²) in [6.07, 6.45) is 3.13. The molecule has 1 fully saturated rings. The Bertz CT molecular complexity index is 175. The van der Waals surface area contributed by atoms with Crippen molar-refractivity contribution in [2.75, 3.05) is 13.2 Å². The highest BCUT2D eigenvalue weighted by Gasteiger charge is 2.22. The van der Waals surface area contributed by atoms with Crippen molar-refractivity contribution >= 4 is 17.7 Å². The van der Waals surface area contributed by atoms with E-state index in [0.717, 1.165) is 25.8 Å². The van der Waals surface area contributed by atoms with E-state index in [4.69, 9.17) is 5.11 Å². The maximum Gasteiger partial charge on any atom is 0.233 e. The third-order valence-corrected chi connectivity index (χ3v) is 3.53. The van der Waals surface area contributed by atoms with Gasteiger partial charge in [-0.1, -0.05) is 13.3 Å². The van der Waals surface area contributed by atoms with Crippen LogP contribution < -0.4 is 5.32 Å². The second-order valence-corrected chi connectivity index (χ2v) is 5.05. The molecule has 1 saturated heterocycles. The van der Waals surface area contributed by atoms with E-state index < -0.39 is 0 Å². The largest absolute Gasteiger partial charge is 0.395 e. The first-order valence-electron chi connectivity index (χ1n) is 4.78. The smallest absolute Gasteiger partial charge is 0.233 e. The maximum atomic E-state index is 11.5. The van der Waals surface area contributed by atoms with Gasteiger partial charge in [0.2, 0.25) is 5.91 Å². The van der Waals surface area contributed by atoms with Crippen LogP contribution >= 0.6 is 11.8 Å². The molecule has 1 heterocycles. The molecule has 1 rings (SSSR count). The second-order valence-electron chi connectivity index (χ2n) is 3.40. The molecule has 0 aromatic rings. The van der Waals surface area contributed by atoms with E-state index in [2.05, 4.69) is 5.32 Å². The van der Waals surface area contributed by atoms with Crippen LogP contribution in [-0.2, 0) is 4.79 Å². The summed E-state index contributed by atoms with van der Waals surface area (Å²) in [4.78, 5) is 11.5. The highest BCUT2D eigenvalue weighted by atomic mass is 32.2. The number of rotatable bonds is 3. The van der Waals surface area contributed by atoms with Crippen molar-refractivity contribution in [3.8, 4) is 0 Å². The minimum atomic E-state index is 0.0460. The predicted octanol–water partition coefficient (Wildman–Crippen LogP) is 0.769. The van der Waals surface area contributed by atoms with Gasteiger partial charge < -0.3 is 10.4 Å². The minimum absolute atomic E-state index is 0.0460. The molecule has 2 N–H and O–H groups in total. The van der Waals surface area contributed by atoms with Crippen molar-refractivity contribution in [3.63, 3.8) is 0 Å². The molecular weight excluding hydrogens is 186 g/mol. The lowest BCUT2D eigenvalue weighted by atomic mass is 10.2. The molecule has 0 aromatic heterocycles. The topological polar surface area (TPSA) is 49.3 Å². The Morgan fingerprint density at radius 2 is 2.46 bits per heavy atom. The molecule has 3 nitrogen and oxygen atoms in total. The van der Waals surface area contributed by atoms with Gasteiger partial charge in [0.25, 0.3) is 0 Å². The number of aliphatic hydroxyl groups is 1. The third kappa shape index (κ3) is 3.56. The van der Waals surface area contributed by atoms with Crippen molar-refractivity contribution in [2.24, 2.45) is 0 Å². The van der Waals surface area contributed by atoms with Crippen molar-refractivity contribution in [1.82, 2.24) is 5.32 Å². The normalized spacial score (nSPS) is 26.3. The van der Waals surface area contributed by atoms with Crippen LogP contribution in [0.3, 0.4) is 0 Å². The Kier molecular flexibility index (Phi) is 4.59. The molecule has 1 aliphatic rings. The van der Waals surface area contributed by atoms with Crippen LogP contribution in [0.15, 0.2) is 0 Å². The van der Waals surface area contributed by atoms with Gasteiger partial charge in [-0.25, -0.2) is 0 Å². The fraction of sp³-hybridized carbons (Fsp3) is 0.889. The summed E-state index contributed by atoms with van der Waals surface area (Å²) < 4.78 is 0. The van der Waals surface area contributed by atoms with Gasteiger partial charge in [0, 0.05) is 11.8 Å². The number of hydrogen-bond acceptors (Lipinski definition) is 3. The number of carbonyl (C=O) groups excluding carboxylic acids is 1. The zero-order chi connectivity index (χ0) is 9.68. The maximum absolute atomic E-state index is 11.5. The standard InChI is InChI=1S/C9H17NO2S/c1-7(6-11)13-8-4-2-3-5-10-9(8)12/h7-8,11H,2-6H2,1H3,(H,10,12). The second kappa shape index (κ2) is 5.50. The molecule has 1 aliphatic heterocycles. The van der Waals surface area contributed by atoms with Gasteiger partial charge in [-0.3, -0.25) is 4.79 Å². The molecule has 0 spiro atoms. The lowest BCUT2D eigenvalue weighted by Crippen LogP contribution is -2.32. The lowest BCUT2D eigenvalue weighted by Gasteiger charge is -2.16. The number of thioether (sulfide) groups is 1. The molecular formula is C9H17NO2S. The first kappa shape index (κ1) is 10.9. The van der Waals surface area contributed by atoms with E-state index in [0.29, 0.717) is 0 Å². The molecule has 2 atom stereocenters. The molecule has 0 radical (unpaired) electrons. The molecule has 0 aromatic carbocycles. The summed E-state index contributed by atoms with van der Waals surface area (Å²) in [6, 6.07) is 0. The van der Waals surface area contributed by atoms with E-state index >= 15 is 0 Å². The Balaban J connectivity index is 2.40. The average molecular weight is 203 g/mol. The number of carbonyl (C=O) groups is 1. The van der Waals surface area contributed by atoms with Gasteiger partial charge in [0.15, 0.2) is 0 Å². The number of nitrogens with one attached hydrogen (secondary N) is 1. The first-order chi connectivity index (χ1) is 6.24. The fourth-order valence-corrected chi connectivity index (χ4v) is 2.52. The van der Waals surface area contributed by atoms with Crippen LogP contribution in [0.5, 0.6) is 0 Å². The Morgan fingerprint density at radius 3 is 3.15 bits per heavy atom. The summed E-state index contributed by atoms with van der Waals surface area (Å²) in [7, 11) is 0. The summed E-state index contributed by atoms with van der Waals surface area (Å²) in [5.74, 6) is 0.141. The Morgan fingerprint density at radius 1 is 1.69 bits per heavy atom. The van der Waals surface area contributed by atoms with Crippen LogP contribution in [0.1, 0.15) is 26.2 Å². The Labute approximate surface area is 83.3 Å². The van der Waals surface area contributed by atoms with E-state index in [1.807, 2.05) is 6.92 Å².